The Labute approximate surface area is 144 Å². The van der Waals surface area contributed by atoms with E-state index >= 15 is 0 Å². The summed E-state index contributed by atoms with van der Waals surface area (Å²) in [5.74, 6) is 1.62. The number of benzene rings is 1. The summed E-state index contributed by atoms with van der Waals surface area (Å²) in [5, 5.41) is 15.9. The highest BCUT2D eigenvalue weighted by Gasteiger charge is 2.34. The first-order valence-corrected chi connectivity index (χ1v) is 8.50. The van der Waals surface area contributed by atoms with E-state index in [0.29, 0.717) is 19.8 Å². The maximum atomic E-state index is 9.27. The van der Waals surface area contributed by atoms with Gasteiger partial charge in [0.15, 0.2) is 5.96 Å². The third-order valence-corrected chi connectivity index (χ3v) is 4.33. The van der Waals surface area contributed by atoms with E-state index in [9.17, 15) is 5.11 Å². The van der Waals surface area contributed by atoms with Gasteiger partial charge in [-0.15, -0.1) is 0 Å². The quantitative estimate of drug-likeness (QED) is 0.380. The summed E-state index contributed by atoms with van der Waals surface area (Å²) in [7, 11) is 1.75. The molecule has 1 heterocycles. The van der Waals surface area contributed by atoms with Gasteiger partial charge < -0.3 is 25.2 Å². The van der Waals surface area contributed by atoms with Gasteiger partial charge in [-0.2, -0.15) is 0 Å². The normalized spacial score (nSPS) is 20.9. The Morgan fingerprint density at radius 3 is 2.96 bits per heavy atom. The molecule has 1 fully saturated rings. The highest BCUT2D eigenvalue weighted by atomic mass is 16.5. The van der Waals surface area contributed by atoms with Gasteiger partial charge >= 0.3 is 0 Å². The Morgan fingerprint density at radius 2 is 2.29 bits per heavy atom. The molecule has 0 amide bonds. The molecule has 2 rings (SSSR count). The van der Waals surface area contributed by atoms with E-state index < -0.39 is 0 Å². The van der Waals surface area contributed by atoms with Gasteiger partial charge in [-0.3, -0.25) is 4.99 Å². The lowest BCUT2D eigenvalue weighted by Crippen LogP contribution is -2.45. The first-order valence-electron chi connectivity index (χ1n) is 8.50. The Kier molecular flexibility index (Phi) is 7.34. The number of aliphatic imine (C=N–C) groups is 1. The van der Waals surface area contributed by atoms with Crippen molar-refractivity contribution in [1.29, 1.82) is 0 Å². The van der Waals surface area contributed by atoms with Crippen molar-refractivity contribution in [3.05, 3.63) is 29.8 Å². The van der Waals surface area contributed by atoms with E-state index in [0.717, 1.165) is 37.7 Å². The molecule has 0 radical (unpaired) electrons. The largest absolute Gasteiger partial charge is 0.492 e. The summed E-state index contributed by atoms with van der Waals surface area (Å²) < 4.78 is 11.2. The molecular formula is C18H29N3O3. The number of aliphatic hydroxyl groups is 1. The molecule has 0 bridgehead atoms. The van der Waals surface area contributed by atoms with E-state index in [1.807, 2.05) is 31.2 Å². The maximum Gasteiger partial charge on any atom is 0.191 e. The van der Waals surface area contributed by atoms with Gasteiger partial charge in [0.2, 0.25) is 0 Å². The minimum atomic E-state index is 0.00440. The minimum absolute atomic E-state index is 0.00440. The third-order valence-electron chi connectivity index (χ3n) is 4.33. The Morgan fingerprint density at radius 1 is 1.42 bits per heavy atom. The summed E-state index contributed by atoms with van der Waals surface area (Å²) in [6, 6.07) is 8.01. The first kappa shape index (κ1) is 18.5. The van der Waals surface area contributed by atoms with Crippen molar-refractivity contribution >= 4 is 5.96 Å². The predicted molar refractivity (Wildman–Crippen MR) is 95.6 cm³/mol. The van der Waals surface area contributed by atoms with Crippen LogP contribution in [-0.2, 0) is 4.74 Å². The maximum absolute atomic E-state index is 9.27. The highest BCUT2D eigenvalue weighted by Crippen LogP contribution is 2.31. The molecule has 6 nitrogen and oxygen atoms in total. The molecule has 6 heteroatoms. The van der Waals surface area contributed by atoms with Crippen LogP contribution in [0, 0.1) is 12.3 Å². The molecule has 1 atom stereocenters. The second-order valence-electron chi connectivity index (χ2n) is 6.29. The number of guanidine groups is 1. The molecule has 1 aromatic carbocycles. The summed E-state index contributed by atoms with van der Waals surface area (Å²) in [4.78, 5) is 4.23. The number of nitrogens with zero attached hydrogens (tertiary/aromatic N) is 1. The van der Waals surface area contributed by atoms with Crippen LogP contribution in [0.2, 0.25) is 0 Å². The van der Waals surface area contributed by atoms with Crippen LogP contribution in [0.25, 0.3) is 0 Å². The second-order valence-corrected chi connectivity index (χ2v) is 6.29. The molecule has 24 heavy (non-hydrogen) atoms. The Hall–Kier alpha value is -1.79. The van der Waals surface area contributed by atoms with Crippen molar-refractivity contribution in [2.45, 2.75) is 19.8 Å². The SMILES string of the molecule is CN=C(NCCOc1cccc(C)c1)NCC1(CCO)CCOC1. The molecule has 3 N–H and O–H groups in total. The molecule has 134 valence electrons. The van der Waals surface area contributed by atoms with E-state index in [2.05, 4.69) is 15.6 Å². The van der Waals surface area contributed by atoms with Crippen molar-refractivity contribution in [2.24, 2.45) is 10.4 Å². The molecule has 0 saturated carbocycles. The monoisotopic (exact) mass is 335 g/mol. The van der Waals surface area contributed by atoms with Crippen molar-refractivity contribution in [2.75, 3.05) is 46.6 Å². The topological polar surface area (TPSA) is 75.1 Å². The van der Waals surface area contributed by atoms with Gasteiger partial charge in [-0.05, 0) is 37.5 Å². The zero-order valence-corrected chi connectivity index (χ0v) is 14.7. The average molecular weight is 335 g/mol. The van der Waals surface area contributed by atoms with Crippen molar-refractivity contribution < 1.29 is 14.6 Å². The number of ether oxygens (including phenoxy) is 2. The number of aryl methyl sites for hydroxylation is 1. The zero-order chi connectivity index (χ0) is 17.3. The van der Waals surface area contributed by atoms with Gasteiger partial charge in [0.1, 0.15) is 12.4 Å². The molecule has 0 aliphatic carbocycles. The Balaban J connectivity index is 1.70. The highest BCUT2D eigenvalue weighted by molar-refractivity contribution is 5.79. The van der Waals surface area contributed by atoms with Crippen LogP contribution in [0.5, 0.6) is 5.75 Å². The van der Waals surface area contributed by atoms with Crippen LogP contribution in [0.3, 0.4) is 0 Å². The fourth-order valence-electron chi connectivity index (χ4n) is 2.85. The van der Waals surface area contributed by atoms with Crippen LogP contribution >= 0.6 is 0 Å². The third kappa shape index (κ3) is 5.69. The predicted octanol–water partition coefficient (Wildman–Crippen LogP) is 1.33. The van der Waals surface area contributed by atoms with Crippen molar-refractivity contribution in [3.8, 4) is 5.75 Å². The van der Waals surface area contributed by atoms with E-state index in [1.54, 1.807) is 7.05 Å². The van der Waals surface area contributed by atoms with Gasteiger partial charge in [-0.25, -0.2) is 0 Å². The van der Waals surface area contributed by atoms with E-state index in [4.69, 9.17) is 9.47 Å². The molecule has 0 aromatic heterocycles. The Bertz CT molecular complexity index is 528. The fourth-order valence-corrected chi connectivity index (χ4v) is 2.85. The number of nitrogens with one attached hydrogen (secondary N) is 2. The summed E-state index contributed by atoms with van der Waals surface area (Å²) in [6.45, 7) is 5.65. The lowest BCUT2D eigenvalue weighted by atomic mass is 9.84. The van der Waals surface area contributed by atoms with Crippen LogP contribution in [-0.4, -0.2) is 57.6 Å². The van der Waals surface area contributed by atoms with Gasteiger partial charge in [-0.1, -0.05) is 12.1 Å². The summed E-state index contributed by atoms with van der Waals surface area (Å²) in [5.41, 5.74) is 1.19. The number of hydrogen-bond donors (Lipinski definition) is 3. The van der Waals surface area contributed by atoms with Crippen molar-refractivity contribution in [1.82, 2.24) is 10.6 Å². The molecular weight excluding hydrogens is 306 g/mol. The summed E-state index contributed by atoms with van der Waals surface area (Å²) in [6.07, 6.45) is 1.71. The molecule has 0 spiro atoms. The standard InChI is InChI=1S/C18H29N3O3/c1-15-4-3-5-16(12-15)24-11-8-20-17(19-2)21-13-18(6-9-22)7-10-23-14-18/h3-5,12,22H,6-11,13-14H2,1-2H3,(H2,19,20,21). The van der Waals surface area contributed by atoms with Crippen LogP contribution in [0.4, 0.5) is 0 Å². The van der Waals surface area contributed by atoms with Crippen LogP contribution in [0.1, 0.15) is 18.4 Å². The smallest absolute Gasteiger partial charge is 0.191 e. The molecule has 1 aromatic rings. The first-order chi connectivity index (χ1) is 11.7. The molecule has 1 aliphatic rings. The van der Waals surface area contributed by atoms with Crippen LogP contribution in [0.15, 0.2) is 29.3 Å². The molecule has 1 saturated heterocycles. The lowest BCUT2D eigenvalue weighted by Gasteiger charge is -2.27. The van der Waals surface area contributed by atoms with E-state index in [1.165, 1.54) is 5.56 Å². The number of hydrogen-bond acceptors (Lipinski definition) is 4. The van der Waals surface area contributed by atoms with Crippen LogP contribution < -0.4 is 15.4 Å². The zero-order valence-electron chi connectivity index (χ0n) is 14.7. The lowest BCUT2D eigenvalue weighted by molar-refractivity contribution is 0.127. The molecule has 1 aliphatic heterocycles. The van der Waals surface area contributed by atoms with E-state index in [-0.39, 0.29) is 12.0 Å². The van der Waals surface area contributed by atoms with Crippen molar-refractivity contribution in [3.63, 3.8) is 0 Å². The van der Waals surface area contributed by atoms with Gasteiger partial charge in [0, 0.05) is 32.2 Å². The number of aliphatic hydroxyl groups excluding tert-OH is 1. The van der Waals surface area contributed by atoms with Gasteiger partial charge in [0.25, 0.3) is 0 Å². The average Bonchev–Trinajstić information content (AvgIpc) is 3.03. The minimum Gasteiger partial charge on any atom is -0.492 e. The summed E-state index contributed by atoms with van der Waals surface area (Å²) >= 11 is 0. The fraction of sp³-hybridized carbons (Fsp3) is 0.611. The molecule has 1 unspecified atom stereocenters. The van der Waals surface area contributed by atoms with Gasteiger partial charge in [0.05, 0.1) is 13.2 Å². The second kappa shape index (κ2) is 9.49. The number of rotatable bonds is 8.